The monoisotopic (exact) mass is 240 g/mol. The van der Waals surface area contributed by atoms with Gasteiger partial charge in [-0.2, -0.15) is 0 Å². The summed E-state index contributed by atoms with van der Waals surface area (Å²) in [6.07, 6.45) is 5.29. The van der Waals surface area contributed by atoms with E-state index in [0.29, 0.717) is 0 Å². The second-order valence-corrected chi connectivity index (χ2v) is 6.03. The summed E-state index contributed by atoms with van der Waals surface area (Å²) in [6, 6.07) is 0. The highest BCUT2D eigenvalue weighted by Crippen LogP contribution is 2.19. The average Bonchev–Trinajstić information content (AvgIpc) is 2.34. The van der Waals surface area contributed by atoms with Crippen LogP contribution < -0.4 is 0 Å². The van der Waals surface area contributed by atoms with Gasteiger partial charge in [-0.25, -0.2) is 0 Å². The molecular weight excluding hydrogens is 212 g/mol. The standard InChI is InChI=1S/C14H28N2O/c1-15-7-3-13(4-8-15)11-17-12-14-5-9-16(2)10-6-14/h13-14H,3-12H2,1-2H3. The van der Waals surface area contributed by atoms with E-state index in [1.807, 2.05) is 0 Å². The Hall–Kier alpha value is -0.120. The Morgan fingerprint density at radius 2 is 1.12 bits per heavy atom. The average molecular weight is 240 g/mol. The van der Waals surface area contributed by atoms with Crippen molar-refractivity contribution in [3.05, 3.63) is 0 Å². The van der Waals surface area contributed by atoms with E-state index < -0.39 is 0 Å². The topological polar surface area (TPSA) is 15.7 Å². The maximum absolute atomic E-state index is 5.95. The highest BCUT2D eigenvalue weighted by Gasteiger charge is 2.19. The molecule has 0 aromatic rings. The Labute approximate surface area is 106 Å². The van der Waals surface area contributed by atoms with Crippen LogP contribution in [0.5, 0.6) is 0 Å². The zero-order chi connectivity index (χ0) is 12.1. The molecule has 0 unspecified atom stereocenters. The van der Waals surface area contributed by atoms with Crippen LogP contribution in [-0.4, -0.2) is 63.3 Å². The van der Waals surface area contributed by atoms with Crippen LogP contribution in [0.15, 0.2) is 0 Å². The fourth-order valence-electron chi connectivity index (χ4n) is 2.86. The smallest absolute Gasteiger partial charge is 0.0495 e. The fourth-order valence-corrected chi connectivity index (χ4v) is 2.86. The predicted octanol–water partition coefficient (Wildman–Crippen LogP) is 1.69. The van der Waals surface area contributed by atoms with Crippen LogP contribution in [0.25, 0.3) is 0 Å². The van der Waals surface area contributed by atoms with Crippen molar-refractivity contribution in [1.29, 1.82) is 0 Å². The van der Waals surface area contributed by atoms with Crippen LogP contribution in [0.4, 0.5) is 0 Å². The molecule has 0 spiro atoms. The summed E-state index contributed by atoms with van der Waals surface area (Å²) in [6.45, 7) is 7.01. The zero-order valence-electron chi connectivity index (χ0n) is 11.5. The third-order valence-corrected chi connectivity index (χ3v) is 4.38. The van der Waals surface area contributed by atoms with Crippen molar-refractivity contribution < 1.29 is 4.74 Å². The molecule has 0 aliphatic carbocycles. The Kier molecular flexibility index (Phi) is 5.26. The van der Waals surface area contributed by atoms with Gasteiger partial charge in [-0.05, 0) is 77.8 Å². The maximum Gasteiger partial charge on any atom is 0.0495 e. The summed E-state index contributed by atoms with van der Waals surface area (Å²) in [5.74, 6) is 1.63. The van der Waals surface area contributed by atoms with Crippen molar-refractivity contribution in [3.63, 3.8) is 0 Å². The van der Waals surface area contributed by atoms with Crippen molar-refractivity contribution >= 4 is 0 Å². The summed E-state index contributed by atoms with van der Waals surface area (Å²) in [5.41, 5.74) is 0. The van der Waals surface area contributed by atoms with Crippen LogP contribution in [0, 0.1) is 11.8 Å². The van der Waals surface area contributed by atoms with Gasteiger partial charge in [0.25, 0.3) is 0 Å². The van der Waals surface area contributed by atoms with Crippen LogP contribution >= 0.6 is 0 Å². The van der Waals surface area contributed by atoms with Gasteiger partial charge in [0.2, 0.25) is 0 Å². The SMILES string of the molecule is CN1CCC(COCC2CCN(C)CC2)CC1. The van der Waals surface area contributed by atoms with E-state index in [1.165, 1.54) is 51.9 Å². The number of hydrogen-bond donors (Lipinski definition) is 0. The molecule has 0 N–H and O–H groups in total. The largest absolute Gasteiger partial charge is 0.381 e. The number of likely N-dealkylation sites (tertiary alicyclic amines) is 2. The number of piperidine rings is 2. The van der Waals surface area contributed by atoms with Gasteiger partial charge in [0.05, 0.1) is 0 Å². The lowest BCUT2D eigenvalue weighted by Crippen LogP contribution is -2.34. The van der Waals surface area contributed by atoms with Crippen molar-refractivity contribution in [1.82, 2.24) is 9.80 Å². The Morgan fingerprint density at radius 3 is 1.47 bits per heavy atom. The first-order valence-corrected chi connectivity index (χ1v) is 7.19. The summed E-state index contributed by atoms with van der Waals surface area (Å²) in [5, 5.41) is 0. The lowest BCUT2D eigenvalue weighted by molar-refractivity contribution is 0.0361. The molecule has 2 saturated heterocycles. The number of nitrogens with zero attached hydrogens (tertiary/aromatic N) is 2. The molecular formula is C14H28N2O. The highest BCUT2D eigenvalue weighted by molar-refractivity contribution is 4.71. The molecule has 2 aliphatic heterocycles. The summed E-state index contributed by atoms with van der Waals surface area (Å²) in [7, 11) is 4.44. The molecule has 2 fully saturated rings. The first-order chi connectivity index (χ1) is 8.24. The van der Waals surface area contributed by atoms with E-state index in [0.717, 1.165) is 25.0 Å². The van der Waals surface area contributed by atoms with E-state index in [1.54, 1.807) is 0 Å². The molecule has 0 atom stereocenters. The summed E-state index contributed by atoms with van der Waals surface area (Å²) >= 11 is 0. The third-order valence-electron chi connectivity index (χ3n) is 4.38. The van der Waals surface area contributed by atoms with E-state index in [-0.39, 0.29) is 0 Å². The molecule has 2 rings (SSSR count). The molecule has 0 radical (unpaired) electrons. The van der Waals surface area contributed by atoms with Crippen LogP contribution in [0.2, 0.25) is 0 Å². The Bertz CT molecular complexity index is 184. The molecule has 0 amide bonds. The highest BCUT2D eigenvalue weighted by atomic mass is 16.5. The van der Waals surface area contributed by atoms with Gasteiger partial charge in [-0.15, -0.1) is 0 Å². The predicted molar refractivity (Wildman–Crippen MR) is 71.3 cm³/mol. The molecule has 2 aliphatic rings. The maximum atomic E-state index is 5.95. The number of hydrogen-bond acceptors (Lipinski definition) is 3. The number of rotatable bonds is 4. The molecule has 0 aromatic heterocycles. The lowest BCUT2D eigenvalue weighted by atomic mass is 9.97. The lowest BCUT2D eigenvalue weighted by Gasteiger charge is -2.31. The van der Waals surface area contributed by atoms with Gasteiger partial charge in [0.1, 0.15) is 0 Å². The van der Waals surface area contributed by atoms with Crippen molar-refractivity contribution in [2.75, 3.05) is 53.5 Å². The van der Waals surface area contributed by atoms with Crippen molar-refractivity contribution in [2.24, 2.45) is 11.8 Å². The van der Waals surface area contributed by atoms with E-state index in [4.69, 9.17) is 4.74 Å². The molecule has 17 heavy (non-hydrogen) atoms. The van der Waals surface area contributed by atoms with Gasteiger partial charge in [0, 0.05) is 13.2 Å². The summed E-state index contributed by atoms with van der Waals surface area (Å²) in [4.78, 5) is 4.85. The molecule has 3 nitrogen and oxygen atoms in total. The van der Waals surface area contributed by atoms with Gasteiger partial charge in [-0.1, -0.05) is 0 Å². The van der Waals surface area contributed by atoms with Gasteiger partial charge >= 0.3 is 0 Å². The van der Waals surface area contributed by atoms with Gasteiger partial charge in [-0.3, -0.25) is 0 Å². The van der Waals surface area contributed by atoms with E-state index >= 15 is 0 Å². The van der Waals surface area contributed by atoms with E-state index in [2.05, 4.69) is 23.9 Å². The molecule has 0 aromatic carbocycles. The fraction of sp³-hybridized carbons (Fsp3) is 1.00. The number of ether oxygens (including phenoxy) is 1. The molecule has 100 valence electrons. The Morgan fingerprint density at radius 1 is 0.765 bits per heavy atom. The minimum Gasteiger partial charge on any atom is -0.381 e. The Balaban J connectivity index is 1.54. The molecule has 3 heteroatoms. The first kappa shape index (κ1) is 13.3. The van der Waals surface area contributed by atoms with Crippen molar-refractivity contribution in [3.8, 4) is 0 Å². The summed E-state index contributed by atoms with van der Waals surface area (Å²) < 4.78 is 5.95. The van der Waals surface area contributed by atoms with Crippen molar-refractivity contribution in [2.45, 2.75) is 25.7 Å². The third kappa shape index (κ3) is 4.57. The van der Waals surface area contributed by atoms with E-state index in [9.17, 15) is 0 Å². The van der Waals surface area contributed by atoms with Crippen LogP contribution in [0.1, 0.15) is 25.7 Å². The quantitative estimate of drug-likeness (QED) is 0.744. The minimum absolute atomic E-state index is 0.817. The van der Waals surface area contributed by atoms with Gasteiger partial charge < -0.3 is 14.5 Å². The second-order valence-electron chi connectivity index (χ2n) is 6.03. The van der Waals surface area contributed by atoms with Gasteiger partial charge in [0.15, 0.2) is 0 Å². The zero-order valence-corrected chi connectivity index (χ0v) is 11.5. The normalized spacial score (nSPS) is 26.5. The van der Waals surface area contributed by atoms with Crippen LogP contribution in [-0.2, 0) is 4.74 Å². The molecule has 2 heterocycles. The van der Waals surface area contributed by atoms with Crippen LogP contribution in [0.3, 0.4) is 0 Å². The molecule has 0 saturated carbocycles. The second kappa shape index (κ2) is 6.72. The minimum atomic E-state index is 0.817. The molecule has 0 bridgehead atoms. The first-order valence-electron chi connectivity index (χ1n) is 7.19.